The molecule has 3 rings (SSSR count). The molecule has 0 aliphatic carbocycles. The van der Waals surface area contributed by atoms with Gasteiger partial charge < -0.3 is 15.1 Å². The maximum atomic E-state index is 12.4. The summed E-state index contributed by atoms with van der Waals surface area (Å²) in [5.41, 5.74) is 3.28. The first-order valence-electron chi connectivity index (χ1n) is 9.56. The Hall–Kier alpha value is -2.64. The van der Waals surface area contributed by atoms with Crippen molar-refractivity contribution >= 4 is 12.0 Å². The number of hydrogen-bond acceptors (Lipinski definition) is 5. The quantitative estimate of drug-likeness (QED) is 0.810. The standard InChI is InChI=1S/C19H29N7O/c1-14-17(15(2)24-23-14)7-11-25(3)19(27)22-12-16-6-4-10-26(13-16)18-20-8-5-9-21-18/h5,8-9,16H,4,6-7,10-13H2,1-3H3,(H,22,27)(H,23,24)/t16-/m1/s1. The highest BCUT2D eigenvalue weighted by atomic mass is 16.2. The van der Waals surface area contributed by atoms with Crippen molar-refractivity contribution in [1.29, 1.82) is 0 Å². The zero-order valence-corrected chi connectivity index (χ0v) is 16.4. The molecule has 2 amide bonds. The minimum absolute atomic E-state index is 0.0260. The monoisotopic (exact) mass is 371 g/mol. The lowest BCUT2D eigenvalue weighted by Crippen LogP contribution is -2.45. The molecule has 0 spiro atoms. The van der Waals surface area contributed by atoms with E-state index in [0.717, 1.165) is 49.7 Å². The summed E-state index contributed by atoms with van der Waals surface area (Å²) < 4.78 is 0. The van der Waals surface area contributed by atoms with E-state index >= 15 is 0 Å². The lowest BCUT2D eigenvalue weighted by atomic mass is 9.98. The number of carbonyl (C=O) groups excluding carboxylic acids is 1. The average Bonchev–Trinajstić information content (AvgIpc) is 3.02. The summed E-state index contributed by atoms with van der Waals surface area (Å²) >= 11 is 0. The Balaban J connectivity index is 1.44. The van der Waals surface area contributed by atoms with Gasteiger partial charge in [-0.2, -0.15) is 5.10 Å². The van der Waals surface area contributed by atoms with E-state index in [2.05, 4.69) is 30.4 Å². The summed E-state index contributed by atoms with van der Waals surface area (Å²) in [5, 5.41) is 10.3. The van der Waals surface area contributed by atoms with Crippen LogP contribution in [-0.4, -0.2) is 64.3 Å². The molecule has 0 saturated carbocycles. The van der Waals surface area contributed by atoms with Crippen LogP contribution in [0.15, 0.2) is 18.5 Å². The number of nitrogens with zero attached hydrogens (tertiary/aromatic N) is 5. The minimum atomic E-state index is -0.0260. The second kappa shape index (κ2) is 8.83. The second-order valence-electron chi connectivity index (χ2n) is 7.27. The molecule has 1 saturated heterocycles. The number of hydrogen-bond donors (Lipinski definition) is 2. The maximum Gasteiger partial charge on any atom is 0.317 e. The number of nitrogens with one attached hydrogen (secondary N) is 2. The third-order valence-corrected chi connectivity index (χ3v) is 5.22. The van der Waals surface area contributed by atoms with Crippen LogP contribution in [0.1, 0.15) is 29.8 Å². The van der Waals surface area contributed by atoms with Crippen LogP contribution in [0.4, 0.5) is 10.7 Å². The fourth-order valence-corrected chi connectivity index (χ4v) is 3.56. The largest absolute Gasteiger partial charge is 0.340 e. The zero-order chi connectivity index (χ0) is 19.2. The van der Waals surface area contributed by atoms with Crippen molar-refractivity contribution in [3.63, 3.8) is 0 Å². The minimum Gasteiger partial charge on any atom is -0.340 e. The number of urea groups is 1. The highest BCUT2D eigenvalue weighted by molar-refractivity contribution is 5.73. The lowest BCUT2D eigenvalue weighted by molar-refractivity contribution is 0.206. The van der Waals surface area contributed by atoms with Gasteiger partial charge in [-0.3, -0.25) is 5.10 Å². The average molecular weight is 371 g/mol. The van der Waals surface area contributed by atoms with Gasteiger partial charge in [-0.25, -0.2) is 14.8 Å². The van der Waals surface area contributed by atoms with E-state index in [1.165, 1.54) is 5.56 Å². The van der Waals surface area contributed by atoms with Gasteiger partial charge in [0.2, 0.25) is 5.95 Å². The van der Waals surface area contributed by atoms with Gasteiger partial charge in [0.15, 0.2) is 0 Å². The van der Waals surface area contributed by atoms with Crippen LogP contribution in [0.5, 0.6) is 0 Å². The van der Waals surface area contributed by atoms with Crippen molar-refractivity contribution in [3.8, 4) is 0 Å². The molecule has 1 aliphatic heterocycles. The predicted octanol–water partition coefficient (Wildman–Crippen LogP) is 1.92. The second-order valence-corrected chi connectivity index (χ2v) is 7.27. The van der Waals surface area contributed by atoms with Gasteiger partial charge in [0, 0.05) is 51.3 Å². The van der Waals surface area contributed by atoms with E-state index in [9.17, 15) is 4.79 Å². The molecular formula is C19H29N7O. The van der Waals surface area contributed by atoms with Crippen molar-refractivity contribution in [1.82, 2.24) is 30.4 Å². The number of piperidine rings is 1. The summed E-state index contributed by atoms with van der Waals surface area (Å²) in [6, 6.07) is 1.80. The summed E-state index contributed by atoms with van der Waals surface area (Å²) in [7, 11) is 1.84. The Morgan fingerprint density at radius 3 is 2.85 bits per heavy atom. The van der Waals surface area contributed by atoms with Crippen LogP contribution in [-0.2, 0) is 6.42 Å². The van der Waals surface area contributed by atoms with Crippen LogP contribution >= 0.6 is 0 Å². The first kappa shape index (κ1) is 19.1. The van der Waals surface area contributed by atoms with Gasteiger partial charge in [0.05, 0.1) is 5.69 Å². The van der Waals surface area contributed by atoms with Gasteiger partial charge in [-0.1, -0.05) is 0 Å². The maximum absolute atomic E-state index is 12.4. The summed E-state index contributed by atoms with van der Waals surface area (Å²) in [6.07, 6.45) is 6.55. The molecule has 8 heteroatoms. The topological polar surface area (TPSA) is 90.0 Å². The van der Waals surface area contributed by atoms with Crippen molar-refractivity contribution in [3.05, 3.63) is 35.4 Å². The molecule has 1 fully saturated rings. The van der Waals surface area contributed by atoms with Crippen molar-refractivity contribution in [2.45, 2.75) is 33.1 Å². The molecule has 0 radical (unpaired) electrons. The number of aromatic nitrogens is 4. The van der Waals surface area contributed by atoms with E-state index < -0.39 is 0 Å². The highest BCUT2D eigenvalue weighted by Crippen LogP contribution is 2.19. The SMILES string of the molecule is Cc1n[nH]c(C)c1CCN(C)C(=O)NC[C@H]1CCCN(c2ncccn2)C1. The number of carbonyl (C=O) groups is 1. The van der Waals surface area contributed by atoms with Gasteiger partial charge in [0.1, 0.15) is 0 Å². The third-order valence-electron chi connectivity index (χ3n) is 5.22. The molecule has 2 N–H and O–H groups in total. The molecule has 8 nitrogen and oxygen atoms in total. The number of amides is 2. The van der Waals surface area contributed by atoms with Crippen LogP contribution in [0.3, 0.4) is 0 Å². The normalized spacial score (nSPS) is 17.0. The number of aromatic amines is 1. The fourth-order valence-electron chi connectivity index (χ4n) is 3.56. The van der Waals surface area contributed by atoms with Gasteiger partial charge in [0.25, 0.3) is 0 Å². The molecule has 0 bridgehead atoms. The first-order chi connectivity index (χ1) is 13.0. The number of anilines is 1. The van der Waals surface area contributed by atoms with Crippen LogP contribution in [0.25, 0.3) is 0 Å². The highest BCUT2D eigenvalue weighted by Gasteiger charge is 2.22. The van der Waals surface area contributed by atoms with Crippen LogP contribution < -0.4 is 10.2 Å². The third kappa shape index (κ3) is 4.96. The number of aryl methyl sites for hydroxylation is 2. The van der Waals surface area contributed by atoms with E-state index in [4.69, 9.17) is 0 Å². The van der Waals surface area contributed by atoms with Gasteiger partial charge >= 0.3 is 6.03 Å². The molecular weight excluding hydrogens is 342 g/mol. The van der Waals surface area contributed by atoms with E-state index in [1.807, 2.05) is 27.0 Å². The van der Waals surface area contributed by atoms with Crippen molar-refractivity contribution in [2.24, 2.45) is 5.92 Å². The Kier molecular flexibility index (Phi) is 6.26. The molecule has 3 heterocycles. The molecule has 2 aromatic heterocycles. The molecule has 146 valence electrons. The van der Waals surface area contributed by atoms with E-state index in [-0.39, 0.29) is 6.03 Å². The lowest BCUT2D eigenvalue weighted by Gasteiger charge is -2.33. The fraction of sp³-hybridized carbons (Fsp3) is 0.579. The summed E-state index contributed by atoms with van der Waals surface area (Å²) in [6.45, 7) is 7.20. The zero-order valence-electron chi connectivity index (χ0n) is 16.4. The van der Waals surface area contributed by atoms with E-state index in [0.29, 0.717) is 19.0 Å². The summed E-state index contributed by atoms with van der Waals surface area (Å²) in [5.74, 6) is 1.19. The number of likely N-dealkylation sites (N-methyl/N-ethyl adjacent to an activating group) is 1. The number of rotatable bonds is 6. The molecule has 1 aliphatic rings. The van der Waals surface area contributed by atoms with Gasteiger partial charge in [-0.05, 0) is 50.7 Å². The predicted molar refractivity (Wildman–Crippen MR) is 105 cm³/mol. The first-order valence-corrected chi connectivity index (χ1v) is 9.56. The molecule has 2 aromatic rings. The Labute approximate surface area is 160 Å². The Morgan fingerprint density at radius 2 is 2.15 bits per heavy atom. The number of H-pyrrole nitrogens is 1. The Morgan fingerprint density at radius 1 is 1.37 bits per heavy atom. The molecule has 27 heavy (non-hydrogen) atoms. The smallest absolute Gasteiger partial charge is 0.317 e. The summed E-state index contributed by atoms with van der Waals surface area (Å²) in [4.78, 5) is 25.0. The van der Waals surface area contributed by atoms with E-state index in [1.54, 1.807) is 17.3 Å². The van der Waals surface area contributed by atoms with Crippen LogP contribution in [0, 0.1) is 19.8 Å². The molecule has 0 aromatic carbocycles. The molecule has 0 unspecified atom stereocenters. The Bertz CT molecular complexity index is 726. The van der Waals surface area contributed by atoms with Crippen molar-refractivity contribution < 1.29 is 4.79 Å². The van der Waals surface area contributed by atoms with Crippen molar-refractivity contribution in [2.75, 3.05) is 38.1 Å². The van der Waals surface area contributed by atoms with Crippen LogP contribution in [0.2, 0.25) is 0 Å². The van der Waals surface area contributed by atoms with Gasteiger partial charge in [-0.15, -0.1) is 0 Å². The molecule has 1 atom stereocenters.